The van der Waals surface area contributed by atoms with Crippen LogP contribution in [0.5, 0.6) is 0 Å². The summed E-state index contributed by atoms with van der Waals surface area (Å²) in [7, 11) is 0. The lowest BCUT2D eigenvalue weighted by molar-refractivity contribution is -0.137. The van der Waals surface area contributed by atoms with Crippen LogP contribution in [0.15, 0.2) is 24.3 Å². The maximum atomic E-state index is 12.7. The van der Waals surface area contributed by atoms with Crippen LogP contribution < -0.4 is 5.32 Å². The predicted molar refractivity (Wildman–Crippen MR) is 105 cm³/mol. The summed E-state index contributed by atoms with van der Waals surface area (Å²) < 4.78 is 43.5. The van der Waals surface area contributed by atoms with E-state index in [9.17, 15) is 23.1 Å². The number of alkyl halides is 3. The van der Waals surface area contributed by atoms with Crippen molar-refractivity contribution in [2.45, 2.75) is 57.9 Å². The average Bonchev–Trinajstić information content (AvgIpc) is 2.97. The number of nitrogens with one attached hydrogen (secondary N) is 1. The predicted octanol–water partition coefficient (Wildman–Crippen LogP) is 3.85. The number of carbonyl (C=O) groups is 1. The van der Waals surface area contributed by atoms with Crippen LogP contribution in [0, 0.1) is 5.92 Å². The van der Waals surface area contributed by atoms with E-state index >= 15 is 0 Å². The van der Waals surface area contributed by atoms with Crippen LogP contribution in [0.1, 0.15) is 44.7 Å². The zero-order valence-corrected chi connectivity index (χ0v) is 17.3. The second-order valence-electron chi connectivity index (χ2n) is 8.57. The molecule has 5 nitrogen and oxygen atoms in total. The van der Waals surface area contributed by atoms with E-state index in [1.54, 1.807) is 26.8 Å². The van der Waals surface area contributed by atoms with Crippen molar-refractivity contribution in [1.29, 1.82) is 0 Å². The molecule has 0 radical (unpaired) electrons. The molecule has 0 unspecified atom stereocenters. The molecule has 0 saturated carbocycles. The summed E-state index contributed by atoms with van der Waals surface area (Å²) in [5.41, 5.74) is -0.505. The van der Waals surface area contributed by atoms with E-state index in [1.807, 2.05) is 0 Å². The van der Waals surface area contributed by atoms with Crippen molar-refractivity contribution in [3.8, 4) is 0 Å². The Morgan fingerprint density at radius 3 is 2.62 bits per heavy atom. The highest BCUT2D eigenvalue weighted by atomic mass is 19.4. The van der Waals surface area contributed by atoms with Gasteiger partial charge < -0.3 is 20.1 Å². The Morgan fingerprint density at radius 1 is 1.24 bits per heavy atom. The number of likely N-dealkylation sites (tertiary alicyclic amines) is 1. The number of β-amino-alcohol motifs (C(OH)–C–C–N with tert-alkyl or cyclic N) is 1. The van der Waals surface area contributed by atoms with Crippen LogP contribution in [-0.4, -0.2) is 54.0 Å². The first-order valence-corrected chi connectivity index (χ1v) is 9.98. The Labute approximate surface area is 170 Å². The summed E-state index contributed by atoms with van der Waals surface area (Å²) in [5.74, 6) is -0.0639. The van der Waals surface area contributed by atoms with Gasteiger partial charge in [-0.15, -0.1) is 0 Å². The largest absolute Gasteiger partial charge is 0.444 e. The minimum absolute atomic E-state index is 0.0639. The SMILES string of the molecule is CC(C)(C)OC(=O)N1C[C@H](CNCCCCc2cccc(C(F)(F)F)c2)[C@H](O)C1. The number of nitrogens with zero attached hydrogens (tertiary/aromatic N) is 1. The lowest BCUT2D eigenvalue weighted by Crippen LogP contribution is -2.36. The summed E-state index contributed by atoms with van der Waals surface area (Å²) in [6, 6.07) is 5.43. The fourth-order valence-electron chi connectivity index (χ4n) is 3.30. The molecule has 1 aliphatic heterocycles. The first-order chi connectivity index (χ1) is 13.5. The van der Waals surface area contributed by atoms with Gasteiger partial charge in [-0.1, -0.05) is 18.2 Å². The molecule has 8 heteroatoms. The van der Waals surface area contributed by atoms with Gasteiger partial charge in [-0.2, -0.15) is 13.2 Å². The van der Waals surface area contributed by atoms with Gasteiger partial charge >= 0.3 is 12.3 Å². The Hall–Kier alpha value is -1.80. The third kappa shape index (κ3) is 7.85. The number of halogens is 3. The number of amides is 1. The summed E-state index contributed by atoms with van der Waals surface area (Å²) >= 11 is 0. The maximum Gasteiger partial charge on any atom is 0.416 e. The Kier molecular flexibility index (Phi) is 7.94. The number of hydrogen-bond acceptors (Lipinski definition) is 4. The van der Waals surface area contributed by atoms with Gasteiger partial charge in [0.2, 0.25) is 0 Å². The summed E-state index contributed by atoms with van der Waals surface area (Å²) in [6.45, 7) is 7.38. The highest BCUT2D eigenvalue weighted by molar-refractivity contribution is 5.68. The first kappa shape index (κ1) is 23.5. The summed E-state index contributed by atoms with van der Waals surface area (Å²) in [6.07, 6.45) is -3.16. The molecule has 1 aromatic rings. The van der Waals surface area contributed by atoms with Gasteiger partial charge in [0.15, 0.2) is 0 Å². The van der Waals surface area contributed by atoms with Gasteiger partial charge in [0.05, 0.1) is 18.2 Å². The Balaban J connectivity index is 1.65. The number of benzene rings is 1. The van der Waals surface area contributed by atoms with E-state index in [-0.39, 0.29) is 12.5 Å². The zero-order chi connectivity index (χ0) is 21.7. The number of hydrogen-bond donors (Lipinski definition) is 2. The van der Waals surface area contributed by atoms with E-state index in [1.165, 1.54) is 17.0 Å². The second kappa shape index (κ2) is 9.80. The van der Waals surface area contributed by atoms with E-state index < -0.39 is 29.5 Å². The van der Waals surface area contributed by atoms with Gasteiger partial charge in [-0.25, -0.2) is 4.79 Å². The molecule has 1 amide bonds. The van der Waals surface area contributed by atoms with Crippen molar-refractivity contribution in [2.24, 2.45) is 5.92 Å². The quantitative estimate of drug-likeness (QED) is 0.663. The molecule has 1 saturated heterocycles. The highest BCUT2D eigenvalue weighted by Crippen LogP contribution is 2.29. The standard InChI is InChI=1S/C21H31F3N2O3/c1-20(2,3)29-19(28)26-13-16(18(27)14-26)12-25-10-5-4-7-15-8-6-9-17(11-15)21(22,23)24/h6,8-9,11,16,18,25,27H,4-5,7,10,12-14H2,1-3H3/t16-,18+/m0/s1. The fourth-order valence-corrected chi connectivity index (χ4v) is 3.30. The topological polar surface area (TPSA) is 61.8 Å². The van der Waals surface area contributed by atoms with E-state index in [2.05, 4.69) is 5.32 Å². The van der Waals surface area contributed by atoms with Crippen molar-refractivity contribution in [2.75, 3.05) is 26.2 Å². The summed E-state index contributed by atoms with van der Waals surface area (Å²) in [4.78, 5) is 13.6. The molecule has 1 heterocycles. The molecule has 1 fully saturated rings. The van der Waals surface area contributed by atoms with Crippen LogP contribution in [0.2, 0.25) is 0 Å². The van der Waals surface area contributed by atoms with E-state index in [0.29, 0.717) is 31.6 Å². The molecule has 0 bridgehead atoms. The molecule has 29 heavy (non-hydrogen) atoms. The number of aliphatic hydroxyl groups excluding tert-OH is 1. The molecule has 164 valence electrons. The Morgan fingerprint density at radius 2 is 1.97 bits per heavy atom. The van der Waals surface area contributed by atoms with Crippen molar-refractivity contribution in [3.05, 3.63) is 35.4 Å². The highest BCUT2D eigenvalue weighted by Gasteiger charge is 2.35. The van der Waals surface area contributed by atoms with Crippen LogP contribution >= 0.6 is 0 Å². The minimum Gasteiger partial charge on any atom is -0.444 e. The minimum atomic E-state index is -4.31. The van der Waals surface area contributed by atoms with Gasteiger partial charge in [0.1, 0.15) is 5.60 Å². The first-order valence-electron chi connectivity index (χ1n) is 9.98. The third-order valence-corrected chi connectivity index (χ3v) is 4.79. The van der Waals surface area contributed by atoms with Crippen LogP contribution in [-0.2, 0) is 17.3 Å². The zero-order valence-electron chi connectivity index (χ0n) is 17.3. The number of aryl methyl sites for hydroxylation is 1. The molecule has 1 aliphatic rings. The van der Waals surface area contributed by atoms with Gasteiger partial charge in [-0.05, 0) is 58.2 Å². The van der Waals surface area contributed by atoms with Crippen LogP contribution in [0.25, 0.3) is 0 Å². The van der Waals surface area contributed by atoms with Crippen molar-refractivity contribution < 1.29 is 27.8 Å². The van der Waals surface area contributed by atoms with Crippen molar-refractivity contribution in [3.63, 3.8) is 0 Å². The number of unbranched alkanes of at least 4 members (excludes halogenated alkanes) is 1. The van der Waals surface area contributed by atoms with Gasteiger partial charge in [0.25, 0.3) is 0 Å². The molecule has 0 spiro atoms. The molecule has 0 aliphatic carbocycles. The monoisotopic (exact) mass is 416 g/mol. The van der Waals surface area contributed by atoms with Gasteiger partial charge in [0, 0.05) is 19.0 Å². The number of ether oxygens (including phenoxy) is 1. The average molecular weight is 416 g/mol. The molecular weight excluding hydrogens is 385 g/mol. The lowest BCUT2D eigenvalue weighted by Gasteiger charge is -2.24. The molecule has 2 rings (SSSR count). The maximum absolute atomic E-state index is 12.7. The van der Waals surface area contributed by atoms with Crippen molar-refractivity contribution in [1.82, 2.24) is 10.2 Å². The second-order valence-corrected chi connectivity index (χ2v) is 8.57. The van der Waals surface area contributed by atoms with E-state index in [4.69, 9.17) is 4.74 Å². The molecule has 0 aromatic heterocycles. The normalized spacial score (nSPS) is 20.2. The Bertz CT molecular complexity index is 674. The number of rotatable bonds is 7. The molecule has 2 atom stereocenters. The third-order valence-electron chi connectivity index (χ3n) is 4.79. The number of aliphatic hydroxyl groups is 1. The fraction of sp³-hybridized carbons (Fsp3) is 0.667. The van der Waals surface area contributed by atoms with Crippen LogP contribution in [0.4, 0.5) is 18.0 Å². The van der Waals surface area contributed by atoms with Gasteiger partial charge in [-0.3, -0.25) is 0 Å². The number of carbonyl (C=O) groups excluding carboxylic acids is 1. The van der Waals surface area contributed by atoms with Crippen LogP contribution in [0.3, 0.4) is 0 Å². The summed E-state index contributed by atoms with van der Waals surface area (Å²) in [5, 5.41) is 13.4. The lowest BCUT2D eigenvalue weighted by atomic mass is 10.0. The van der Waals surface area contributed by atoms with E-state index in [0.717, 1.165) is 18.9 Å². The smallest absolute Gasteiger partial charge is 0.416 e. The molecule has 2 N–H and O–H groups in total. The molecule has 1 aromatic carbocycles. The molecular formula is C21H31F3N2O3. The van der Waals surface area contributed by atoms with Crippen molar-refractivity contribution >= 4 is 6.09 Å².